The lowest BCUT2D eigenvalue weighted by molar-refractivity contribution is -0.385. The number of halogens is 1. The van der Waals surface area contributed by atoms with Crippen molar-refractivity contribution in [1.29, 1.82) is 0 Å². The van der Waals surface area contributed by atoms with Crippen molar-refractivity contribution < 1.29 is 14.1 Å². The van der Waals surface area contributed by atoms with Crippen molar-refractivity contribution in [2.24, 2.45) is 0 Å². The second kappa shape index (κ2) is 6.61. The number of hydrogen-bond acceptors (Lipinski definition) is 5. The number of carbonyl (C=O) groups excluding carboxylic acids is 1. The highest BCUT2D eigenvalue weighted by molar-refractivity contribution is 7.15. The Labute approximate surface area is 155 Å². The van der Waals surface area contributed by atoms with Crippen LogP contribution < -0.4 is 5.32 Å². The van der Waals surface area contributed by atoms with E-state index < -0.39 is 10.8 Å². The van der Waals surface area contributed by atoms with Crippen molar-refractivity contribution in [3.63, 3.8) is 0 Å². The number of fused-ring (bicyclic) bond motifs is 1. The number of rotatable bonds is 4. The van der Waals surface area contributed by atoms with Crippen LogP contribution in [0.5, 0.6) is 0 Å². The van der Waals surface area contributed by atoms with E-state index in [1.807, 2.05) is 0 Å². The standard InChI is InChI=1S/C18H11FN4O3S/c19-12-7-5-11(6-8-12)15-16(22-9-10-27-18(22)20-15)21-17(24)13-3-1-2-4-14(13)23(25)26/h1-10H,(H,21,24). The van der Waals surface area contributed by atoms with Crippen LogP contribution in [0.4, 0.5) is 15.9 Å². The summed E-state index contributed by atoms with van der Waals surface area (Å²) in [6, 6.07) is 11.4. The normalized spacial score (nSPS) is 10.9. The molecule has 0 bridgehead atoms. The molecule has 0 fully saturated rings. The van der Waals surface area contributed by atoms with Crippen molar-refractivity contribution >= 4 is 33.7 Å². The molecule has 4 aromatic rings. The molecule has 0 saturated heterocycles. The first-order valence-electron chi connectivity index (χ1n) is 7.81. The van der Waals surface area contributed by atoms with E-state index in [2.05, 4.69) is 10.3 Å². The molecule has 0 radical (unpaired) electrons. The minimum atomic E-state index is -0.626. The minimum absolute atomic E-state index is 0.0577. The van der Waals surface area contributed by atoms with Crippen LogP contribution in [0.1, 0.15) is 10.4 Å². The highest BCUT2D eigenvalue weighted by Gasteiger charge is 2.23. The van der Waals surface area contributed by atoms with Crippen molar-refractivity contribution in [2.45, 2.75) is 0 Å². The van der Waals surface area contributed by atoms with Crippen LogP contribution >= 0.6 is 11.3 Å². The fourth-order valence-corrected chi connectivity index (χ4v) is 3.43. The van der Waals surface area contributed by atoms with Crippen LogP contribution in [-0.2, 0) is 0 Å². The Morgan fingerprint density at radius 2 is 1.93 bits per heavy atom. The second-order valence-corrected chi connectivity index (χ2v) is 6.47. The van der Waals surface area contributed by atoms with Gasteiger partial charge in [-0.1, -0.05) is 12.1 Å². The molecule has 0 unspecified atom stereocenters. The number of nitrogens with one attached hydrogen (secondary N) is 1. The van der Waals surface area contributed by atoms with Crippen LogP contribution in [0.25, 0.3) is 16.2 Å². The highest BCUT2D eigenvalue weighted by Crippen LogP contribution is 2.31. The fraction of sp³-hybridized carbons (Fsp3) is 0. The molecule has 1 N–H and O–H groups in total. The summed E-state index contributed by atoms with van der Waals surface area (Å²) in [5, 5.41) is 15.7. The molecule has 7 nitrogen and oxygen atoms in total. The Hall–Kier alpha value is -3.59. The number of aromatic nitrogens is 2. The van der Waals surface area contributed by atoms with E-state index in [0.717, 1.165) is 0 Å². The second-order valence-electron chi connectivity index (χ2n) is 5.60. The van der Waals surface area contributed by atoms with E-state index in [1.54, 1.807) is 34.2 Å². The Morgan fingerprint density at radius 1 is 1.19 bits per heavy atom. The number of nitrogens with zero attached hydrogens (tertiary/aromatic N) is 3. The highest BCUT2D eigenvalue weighted by atomic mass is 32.1. The van der Waals surface area contributed by atoms with Crippen molar-refractivity contribution in [1.82, 2.24) is 9.38 Å². The SMILES string of the molecule is O=C(Nc1c(-c2ccc(F)cc2)nc2sccn12)c1ccccc1[N+](=O)[O-]. The molecule has 0 aliphatic heterocycles. The first kappa shape index (κ1) is 16.9. The van der Waals surface area contributed by atoms with Crippen molar-refractivity contribution in [3.8, 4) is 11.3 Å². The number of imidazole rings is 1. The van der Waals surface area contributed by atoms with Gasteiger partial charge in [0.25, 0.3) is 11.6 Å². The average Bonchev–Trinajstić information content (AvgIpc) is 3.25. The van der Waals surface area contributed by atoms with Gasteiger partial charge in [0.15, 0.2) is 4.96 Å². The lowest BCUT2D eigenvalue weighted by Gasteiger charge is -2.07. The van der Waals surface area contributed by atoms with Crippen LogP contribution in [0.2, 0.25) is 0 Å². The lowest BCUT2D eigenvalue weighted by atomic mass is 10.1. The van der Waals surface area contributed by atoms with Gasteiger partial charge in [-0.2, -0.15) is 0 Å². The Balaban J connectivity index is 1.79. The summed E-state index contributed by atoms with van der Waals surface area (Å²) in [6.45, 7) is 0. The predicted molar refractivity (Wildman–Crippen MR) is 99.5 cm³/mol. The summed E-state index contributed by atoms with van der Waals surface area (Å²) in [5.74, 6) is -0.648. The van der Waals surface area contributed by atoms with E-state index in [0.29, 0.717) is 22.0 Å². The zero-order valence-electron chi connectivity index (χ0n) is 13.6. The molecule has 0 atom stereocenters. The summed E-state index contributed by atoms with van der Waals surface area (Å²) in [4.78, 5) is 28.4. The number of nitro groups is 1. The average molecular weight is 382 g/mol. The first-order chi connectivity index (χ1) is 13.0. The maximum atomic E-state index is 13.2. The summed E-state index contributed by atoms with van der Waals surface area (Å²) >= 11 is 1.37. The molecular weight excluding hydrogens is 371 g/mol. The van der Waals surface area contributed by atoms with Gasteiger partial charge in [0.1, 0.15) is 22.9 Å². The summed E-state index contributed by atoms with van der Waals surface area (Å²) in [7, 11) is 0. The van der Waals surface area contributed by atoms with Gasteiger partial charge in [-0.05, 0) is 30.3 Å². The van der Waals surface area contributed by atoms with Crippen molar-refractivity contribution in [3.05, 3.63) is 81.6 Å². The molecule has 0 spiro atoms. The maximum absolute atomic E-state index is 13.2. The van der Waals surface area contributed by atoms with Crippen LogP contribution in [0, 0.1) is 15.9 Å². The number of para-hydroxylation sites is 1. The summed E-state index contributed by atoms with van der Waals surface area (Å²) < 4.78 is 14.9. The minimum Gasteiger partial charge on any atom is -0.306 e. The van der Waals surface area contributed by atoms with E-state index in [9.17, 15) is 19.3 Å². The third-order valence-corrected chi connectivity index (χ3v) is 4.71. The molecule has 2 aromatic carbocycles. The van der Waals surface area contributed by atoms with Gasteiger partial charge in [-0.25, -0.2) is 9.37 Å². The molecule has 0 aliphatic carbocycles. The van der Waals surface area contributed by atoms with E-state index in [4.69, 9.17) is 0 Å². The molecule has 4 rings (SSSR count). The van der Waals surface area contributed by atoms with Gasteiger partial charge >= 0.3 is 0 Å². The van der Waals surface area contributed by atoms with Crippen LogP contribution in [0.3, 0.4) is 0 Å². The molecule has 0 saturated carbocycles. The molecule has 0 aliphatic rings. The third-order valence-electron chi connectivity index (χ3n) is 3.96. The number of nitro benzene ring substituents is 1. The van der Waals surface area contributed by atoms with Crippen LogP contribution in [-0.4, -0.2) is 20.2 Å². The van der Waals surface area contributed by atoms with E-state index in [1.165, 1.54) is 41.7 Å². The first-order valence-corrected chi connectivity index (χ1v) is 8.69. The third kappa shape index (κ3) is 3.04. The number of carbonyl (C=O) groups is 1. The van der Waals surface area contributed by atoms with Gasteiger partial charge in [-0.3, -0.25) is 19.3 Å². The Kier molecular flexibility index (Phi) is 4.13. The smallest absolute Gasteiger partial charge is 0.282 e. The zero-order valence-corrected chi connectivity index (χ0v) is 14.4. The molecular formula is C18H11FN4O3S. The summed E-state index contributed by atoms with van der Waals surface area (Å²) in [5.41, 5.74) is 0.723. The van der Waals surface area contributed by atoms with Gasteiger partial charge in [-0.15, -0.1) is 11.3 Å². The molecule has 1 amide bonds. The Bertz CT molecular complexity index is 1170. The molecule has 2 aromatic heterocycles. The van der Waals surface area contributed by atoms with Gasteiger partial charge in [0, 0.05) is 23.2 Å². The lowest BCUT2D eigenvalue weighted by Crippen LogP contribution is -2.15. The number of hydrogen-bond donors (Lipinski definition) is 1. The monoisotopic (exact) mass is 382 g/mol. The molecule has 9 heteroatoms. The predicted octanol–water partition coefficient (Wildman–Crippen LogP) is 4.36. The topological polar surface area (TPSA) is 89.5 Å². The van der Waals surface area contributed by atoms with E-state index >= 15 is 0 Å². The Morgan fingerprint density at radius 3 is 2.67 bits per heavy atom. The fourth-order valence-electron chi connectivity index (χ4n) is 2.71. The zero-order chi connectivity index (χ0) is 19.0. The number of anilines is 1. The number of thiazole rings is 1. The molecule has 134 valence electrons. The van der Waals surface area contributed by atoms with Gasteiger partial charge < -0.3 is 5.32 Å². The molecule has 2 heterocycles. The number of benzene rings is 2. The van der Waals surface area contributed by atoms with E-state index in [-0.39, 0.29) is 17.1 Å². The summed E-state index contributed by atoms with van der Waals surface area (Å²) in [6.07, 6.45) is 1.73. The van der Waals surface area contributed by atoms with Gasteiger partial charge in [0.05, 0.1) is 4.92 Å². The maximum Gasteiger partial charge on any atom is 0.282 e. The largest absolute Gasteiger partial charge is 0.306 e. The van der Waals surface area contributed by atoms with Crippen molar-refractivity contribution in [2.75, 3.05) is 5.32 Å². The van der Waals surface area contributed by atoms with Crippen LogP contribution in [0.15, 0.2) is 60.1 Å². The number of amides is 1. The molecule has 27 heavy (non-hydrogen) atoms. The quantitative estimate of drug-likeness (QED) is 0.419. The van der Waals surface area contributed by atoms with Gasteiger partial charge in [0.2, 0.25) is 0 Å².